The molecule has 0 aliphatic heterocycles. The molecule has 62 heavy (non-hydrogen) atoms. The maximum absolute atomic E-state index is 12.8. The van der Waals surface area contributed by atoms with Gasteiger partial charge in [-0.3, -0.25) is 14.4 Å². The molecule has 6 nitrogen and oxygen atoms in total. The predicted molar refractivity (Wildman–Crippen MR) is 266 cm³/mol. The molecule has 0 aromatic carbocycles. The van der Waals surface area contributed by atoms with E-state index in [1.807, 2.05) is 0 Å². The zero-order chi connectivity index (χ0) is 45.1. The fourth-order valence-corrected chi connectivity index (χ4v) is 8.02. The van der Waals surface area contributed by atoms with Crippen LogP contribution in [0.5, 0.6) is 0 Å². The molecule has 0 saturated heterocycles. The summed E-state index contributed by atoms with van der Waals surface area (Å²) < 4.78 is 16.8. The molecule has 0 aromatic rings. The summed E-state index contributed by atoms with van der Waals surface area (Å²) in [5.41, 5.74) is 0. The largest absolute Gasteiger partial charge is 0.462 e. The third kappa shape index (κ3) is 48.9. The first-order valence-corrected chi connectivity index (χ1v) is 27.3. The number of rotatable bonds is 50. The number of carbonyl (C=O) groups excluding carboxylic acids is 3. The lowest BCUT2D eigenvalue weighted by Gasteiger charge is -2.18. The molecule has 0 heterocycles. The molecular formula is C56H104O6. The number of carbonyl (C=O) groups is 3. The summed E-state index contributed by atoms with van der Waals surface area (Å²) in [4.78, 5) is 38.0. The van der Waals surface area contributed by atoms with Crippen molar-refractivity contribution in [2.45, 2.75) is 303 Å². The Labute approximate surface area is 385 Å². The Kier molecular flexibility index (Phi) is 49.8. The Balaban J connectivity index is 4.34. The SMILES string of the molecule is CCCCCC/C=C/CCCCCCCC(=O)OC[C@H](COC(=O)CCCCCCCCCCCCCCCCCCC)OC(=O)CCCCCCC/C=C/CCCCCCC. The monoisotopic (exact) mass is 873 g/mol. The van der Waals surface area contributed by atoms with Crippen LogP contribution in [0.2, 0.25) is 0 Å². The molecule has 6 heteroatoms. The van der Waals surface area contributed by atoms with Crippen molar-refractivity contribution in [2.24, 2.45) is 0 Å². The second-order valence-corrected chi connectivity index (χ2v) is 18.5. The van der Waals surface area contributed by atoms with E-state index in [0.29, 0.717) is 19.3 Å². The standard InChI is InChI=1S/C56H104O6/c1-4-7-10-13-16-19-22-25-27-28-29-32-34-37-40-43-46-49-55(58)61-52-53(51-60-54(57)48-45-42-39-36-33-30-24-21-18-15-12-9-6-3)62-56(59)50-47-44-41-38-35-31-26-23-20-17-14-11-8-5-2/h21,23-24,26,53H,4-20,22,25,27-52H2,1-3H3/b24-21+,26-23+/t53-/m1/s1. The van der Waals surface area contributed by atoms with Gasteiger partial charge in [0.2, 0.25) is 0 Å². The van der Waals surface area contributed by atoms with Gasteiger partial charge in [-0.2, -0.15) is 0 Å². The van der Waals surface area contributed by atoms with Crippen LogP contribution >= 0.6 is 0 Å². The van der Waals surface area contributed by atoms with Crippen LogP contribution < -0.4 is 0 Å². The lowest BCUT2D eigenvalue weighted by atomic mass is 10.0. The number of ether oxygens (including phenoxy) is 3. The third-order valence-electron chi connectivity index (χ3n) is 12.2. The lowest BCUT2D eigenvalue weighted by molar-refractivity contribution is -0.167. The zero-order valence-corrected chi connectivity index (χ0v) is 41.7. The minimum atomic E-state index is -0.774. The summed E-state index contributed by atoms with van der Waals surface area (Å²) in [6.07, 6.45) is 58.7. The maximum atomic E-state index is 12.8. The van der Waals surface area contributed by atoms with Gasteiger partial charge < -0.3 is 14.2 Å². The molecule has 1 atom stereocenters. The fraction of sp³-hybridized carbons (Fsp3) is 0.875. The van der Waals surface area contributed by atoms with E-state index in [1.54, 1.807) is 0 Å². The molecule has 0 aliphatic carbocycles. The van der Waals surface area contributed by atoms with Crippen molar-refractivity contribution in [3.63, 3.8) is 0 Å². The minimum absolute atomic E-state index is 0.0732. The molecular weight excluding hydrogens is 769 g/mol. The van der Waals surface area contributed by atoms with Gasteiger partial charge in [-0.1, -0.05) is 231 Å². The molecule has 0 rings (SSSR count). The maximum Gasteiger partial charge on any atom is 0.306 e. The van der Waals surface area contributed by atoms with Gasteiger partial charge in [0.05, 0.1) is 0 Å². The van der Waals surface area contributed by atoms with E-state index in [2.05, 4.69) is 45.1 Å². The number of unbranched alkanes of at least 4 members (excludes halogenated alkanes) is 35. The first-order chi connectivity index (χ1) is 30.5. The normalized spacial score (nSPS) is 12.1. The highest BCUT2D eigenvalue weighted by Crippen LogP contribution is 2.16. The highest BCUT2D eigenvalue weighted by Gasteiger charge is 2.19. The quantitative estimate of drug-likeness (QED) is 0.0262. The molecule has 364 valence electrons. The van der Waals surface area contributed by atoms with Crippen molar-refractivity contribution in [2.75, 3.05) is 13.2 Å². The second kappa shape index (κ2) is 51.5. The Hall–Kier alpha value is -2.11. The zero-order valence-electron chi connectivity index (χ0n) is 41.7. The van der Waals surface area contributed by atoms with Crippen LogP contribution in [-0.2, 0) is 28.6 Å². The fourth-order valence-electron chi connectivity index (χ4n) is 8.02. The van der Waals surface area contributed by atoms with Crippen LogP contribution in [0.15, 0.2) is 24.3 Å². The number of hydrogen-bond donors (Lipinski definition) is 0. The van der Waals surface area contributed by atoms with Gasteiger partial charge in [-0.25, -0.2) is 0 Å². The van der Waals surface area contributed by atoms with Crippen molar-refractivity contribution in [3.8, 4) is 0 Å². The first kappa shape index (κ1) is 59.9. The topological polar surface area (TPSA) is 78.9 Å². The van der Waals surface area contributed by atoms with Crippen LogP contribution in [-0.4, -0.2) is 37.2 Å². The van der Waals surface area contributed by atoms with E-state index >= 15 is 0 Å². The summed E-state index contributed by atoms with van der Waals surface area (Å²) in [5.74, 6) is -0.875. The van der Waals surface area contributed by atoms with Gasteiger partial charge in [0.1, 0.15) is 13.2 Å². The summed E-state index contributed by atoms with van der Waals surface area (Å²) in [7, 11) is 0. The average molecular weight is 873 g/mol. The predicted octanol–water partition coefficient (Wildman–Crippen LogP) is 17.9. The highest BCUT2D eigenvalue weighted by atomic mass is 16.6. The Morgan fingerprint density at radius 1 is 0.306 bits per heavy atom. The van der Waals surface area contributed by atoms with E-state index in [4.69, 9.17) is 14.2 Å². The molecule has 0 aliphatic rings. The van der Waals surface area contributed by atoms with Crippen LogP contribution in [0, 0.1) is 0 Å². The summed E-state index contributed by atoms with van der Waals surface area (Å²) in [5, 5.41) is 0. The Bertz CT molecular complexity index is 1000. The molecule has 0 N–H and O–H groups in total. The van der Waals surface area contributed by atoms with Crippen LogP contribution in [0.25, 0.3) is 0 Å². The molecule has 0 aromatic heterocycles. The van der Waals surface area contributed by atoms with E-state index in [-0.39, 0.29) is 31.1 Å². The van der Waals surface area contributed by atoms with E-state index < -0.39 is 6.10 Å². The highest BCUT2D eigenvalue weighted by molar-refractivity contribution is 5.71. The van der Waals surface area contributed by atoms with Crippen molar-refractivity contribution in [3.05, 3.63) is 24.3 Å². The van der Waals surface area contributed by atoms with Gasteiger partial charge in [0.25, 0.3) is 0 Å². The molecule has 0 radical (unpaired) electrons. The van der Waals surface area contributed by atoms with Gasteiger partial charge in [-0.05, 0) is 70.6 Å². The van der Waals surface area contributed by atoms with Crippen molar-refractivity contribution >= 4 is 17.9 Å². The molecule has 0 saturated carbocycles. The Morgan fingerprint density at radius 2 is 0.532 bits per heavy atom. The number of hydrogen-bond acceptors (Lipinski definition) is 6. The van der Waals surface area contributed by atoms with Gasteiger partial charge >= 0.3 is 17.9 Å². The van der Waals surface area contributed by atoms with E-state index in [9.17, 15) is 14.4 Å². The molecule has 0 spiro atoms. The van der Waals surface area contributed by atoms with Crippen molar-refractivity contribution in [1.82, 2.24) is 0 Å². The molecule has 0 unspecified atom stereocenters. The summed E-state index contributed by atoms with van der Waals surface area (Å²) in [6.45, 7) is 6.64. The third-order valence-corrected chi connectivity index (χ3v) is 12.2. The second-order valence-electron chi connectivity index (χ2n) is 18.5. The van der Waals surface area contributed by atoms with Crippen LogP contribution in [0.1, 0.15) is 297 Å². The smallest absolute Gasteiger partial charge is 0.306 e. The first-order valence-electron chi connectivity index (χ1n) is 27.3. The van der Waals surface area contributed by atoms with Crippen LogP contribution in [0.4, 0.5) is 0 Å². The van der Waals surface area contributed by atoms with E-state index in [1.165, 1.54) is 186 Å². The number of esters is 3. The van der Waals surface area contributed by atoms with Gasteiger partial charge in [0, 0.05) is 19.3 Å². The summed E-state index contributed by atoms with van der Waals surface area (Å²) in [6, 6.07) is 0. The average Bonchev–Trinajstić information content (AvgIpc) is 3.27. The lowest BCUT2D eigenvalue weighted by Crippen LogP contribution is -2.30. The summed E-state index contributed by atoms with van der Waals surface area (Å²) >= 11 is 0. The van der Waals surface area contributed by atoms with Crippen molar-refractivity contribution in [1.29, 1.82) is 0 Å². The van der Waals surface area contributed by atoms with Gasteiger partial charge in [-0.15, -0.1) is 0 Å². The number of allylic oxidation sites excluding steroid dienone is 4. The van der Waals surface area contributed by atoms with Gasteiger partial charge in [0.15, 0.2) is 6.10 Å². The molecule has 0 bridgehead atoms. The molecule has 0 fully saturated rings. The minimum Gasteiger partial charge on any atom is -0.462 e. The van der Waals surface area contributed by atoms with E-state index in [0.717, 1.165) is 70.6 Å². The van der Waals surface area contributed by atoms with Crippen molar-refractivity contribution < 1.29 is 28.6 Å². The molecule has 0 amide bonds. The van der Waals surface area contributed by atoms with Crippen LogP contribution in [0.3, 0.4) is 0 Å². The Morgan fingerprint density at radius 3 is 0.823 bits per heavy atom.